The van der Waals surface area contributed by atoms with Crippen molar-refractivity contribution in [3.05, 3.63) is 124 Å². The molecule has 0 aliphatic rings. The molecule has 48 heavy (non-hydrogen) atoms. The van der Waals surface area contributed by atoms with Gasteiger partial charge in [-0.2, -0.15) is 0 Å². The zero-order chi connectivity index (χ0) is 34.9. The first-order valence-corrected chi connectivity index (χ1v) is 16.3. The quantitative estimate of drug-likeness (QED) is 0.118. The van der Waals surface area contributed by atoms with Gasteiger partial charge >= 0.3 is 24.1 Å². The summed E-state index contributed by atoms with van der Waals surface area (Å²) < 4.78 is 44.4. The highest BCUT2D eigenvalue weighted by molar-refractivity contribution is 7.90. The van der Waals surface area contributed by atoms with Gasteiger partial charge in [0.2, 0.25) is 0 Å². The minimum atomic E-state index is -4.62. The van der Waals surface area contributed by atoms with Crippen molar-refractivity contribution in [1.82, 2.24) is 4.72 Å². The Balaban J connectivity index is 1.52. The number of sulfonamides is 1. The Morgan fingerprint density at radius 1 is 0.688 bits per heavy atom. The Hall–Kier alpha value is -5.40. The first-order valence-electron chi connectivity index (χ1n) is 14.4. The van der Waals surface area contributed by atoms with Crippen LogP contribution in [-0.2, 0) is 37.4 Å². The second-order valence-corrected chi connectivity index (χ2v) is 13.3. The summed E-state index contributed by atoms with van der Waals surface area (Å²) in [4.78, 5) is 50.9. The molecule has 0 aliphatic heterocycles. The molecule has 0 fully saturated rings. The van der Waals surface area contributed by atoms with Crippen LogP contribution in [0.15, 0.2) is 102 Å². The van der Waals surface area contributed by atoms with Crippen LogP contribution in [0.2, 0.25) is 5.02 Å². The first-order chi connectivity index (χ1) is 22.7. The molecule has 14 heteroatoms. The number of halogens is 1. The van der Waals surface area contributed by atoms with E-state index in [0.29, 0.717) is 5.56 Å². The van der Waals surface area contributed by atoms with Crippen molar-refractivity contribution in [1.29, 1.82) is 0 Å². The van der Waals surface area contributed by atoms with Gasteiger partial charge in [0, 0.05) is 5.02 Å². The first kappa shape index (κ1) is 35.5. The molecule has 0 aromatic heterocycles. The van der Waals surface area contributed by atoms with E-state index in [9.17, 15) is 27.6 Å². The number of ether oxygens (including phenoxy) is 3. The molecule has 0 spiro atoms. The largest absolute Gasteiger partial charge is 0.457 e. The van der Waals surface area contributed by atoms with Gasteiger partial charge in [-0.25, -0.2) is 32.3 Å². The van der Waals surface area contributed by atoms with Gasteiger partial charge in [0.15, 0.2) is 0 Å². The molecule has 0 saturated carbocycles. The van der Waals surface area contributed by atoms with Crippen molar-refractivity contribution in [2.75, 3.05) is 10.6 Å². The summed E-state index contributed by atoms with van der Waals surface area (Å²) in [5.41, 5.74) is -0.0821. The number of carbonyl (C=O) groups excluding carboxylic acids is 4. The minimum absolute atomic E-state index is 0.0439. The molecular weight excluding hydrogens is 662 g/mol. The third-order valence-corrected chi connectivity index (χ3v) is 7.82. The van der Waals surface area contributed by atoms with Crippen LogP contribution in [0, 0.1) is 0 Å². The Labute approximate surface area is 282 Å². The summed E-state index contributed by atoms with van der Waals surface area (Å²) in [5, 5.41) is 4.85. The number of rotatable bonds is 10. The Morgan fingerprint density at radius 2 is 1.23 bits per heavy atom. The molecule has 3 N–H and O–H groups in total. The number of hydrogen-bond acceptors (Lipinski definition) is 9. The van der Waals surface area contributed by atoms with Crippen LogP contribution in [0.5, 0.6) is 0 Å². The van der Waals surface area contributed by atoms with Gasteiger partial charge in [0.1, 0.15) is 18.8 Å². The van der Waals surface area contributed by atoms with Crippen LogP contribution in [0.25, 0.3) is 0 Å². The summed E-state index contributed by atoms with van der Waals surface area (Å²) >= 11 is 6.08. The third-order valence-electron chi connectivity index (χ3n) is 6.26. The van der Waals surface area contributed by atoms with Crippen LogP contribution in [0.4, 0.5) is 21.0 Å². The van der Waals surface area contributed by atoms with E-state index < -0.39 is 44.6 Å². The molecule has 4 aromatic carbocycles. The fourth-order valence-corrected chi connectivity index (χ4v) is 5.21. The lowest BCUT2D eigenvalue weighted by molar-refractivity contribution is 0.00703. The monoisotopic (exact) mass is 693 g/mol. The molecule has 250 valence electrons. The lowest BCUT2D eigenvalue weighted by atomic mass is 10.1. The van der Waals surface area contributed by atoms with Crippen molar-refractivity contribution in [3.63, 3.8) is 0 Å². The zero-order valence-electron chi connectivity index (χ0n) is 26.1. The Bertz CT molecular complexity index is 1910. The van der Waals surface area contributed by atoms with Crippen molar-refractivity contribution in [2.45, 2.75) is 44.5 Å². The topological polar surface area (TPSA) is 166 Å². The number of hydrogen-bond donors (Lipinski definition) is 3. The van der Waals surface area contributed by atoms with Gasteiger partial charge in [-0.15, -0.1) is 0 Å². The number of urea groups is 1. The molecule has 4 aromatic rings. The van der Waals surface area contributed by atoms with E-state index in [1.165, 1.54) is 18.2 Å². The average Bonchev–Trinajstić information content (AvgIpc) is 3.02. The number of anilines is 2. The molecule has 4 rings (SSSR count). The minimum Gasteiger partial charge on any atom is -0.457 e. The predicted octanol–water partition coefficient (Wildman–Crippen LogP) is 6.91. The van der Waals surface area contributed by atoms with Crippen LogP contribution in [0.3, 0.4) is 0 Å². The second-order valence-electron chi connectivity index (χ2n) is 11.2. The highest BCUT2D eigenvalue weighted by Crippen LogP contribution is 2.26. The van der Waals surface area contributed by atoms with E-state index in [0.717, 1.165) is 23.8 Å². The standard InChI is InChI=1S/C34H32ClN3O9S/c1-34(2,3)47-31(40)27-17-15-25(19-29(27)37-33(42)46-21-23-12-8-5-9-13-23)48(43,44)38-32(41)36-28-18-24(35)14-16-26(28)30(39)45-20-22-10-6-4-7-11-22/h4-19H,20-21H2,1-3H3,(H,37,42)(H2,36,38,41). The van der Waals surface area contributed by atoms with Crippen LogP contribution < -0.4 is 15.4 Å². The smallest absolute Gasteiger partial charge is 0.411 e. The number of nitrogens with one attached hydrogen (secondary N) is 3. The van der Waals surface area contributed by atoms with E-state index in [1.807, 2.05) is 10.8 Å². The summed E-state index contributed by atoms with van der Waals surface area (Å²) in [5.74, 6) is -1.63. The van der Waals surface area contributed by atoms with E-state index >= 15 is 0 Å². The SMILES string of the molecule is CC(C)(C)OC(=O)c1ccc(S(=O)(=O)NC(=O)Nc2cc(Cl)ccc2C(=O)OCc2ccccc2)cc1NC(=O)OCc1ccccc1. The van der Waals surface area contributed by atoms with Gasteiger partial charge in [0.05, 0.1) is 27.4 Å². The average molecular weight is 694 g/mol. The highest BCUT2D eigenvalue weighted by atomic mass is 35.5. The van der Waals surface area contributed by atoms with Crippen LogP contribution in [0.1, 0.15) is 52.6 Å². The van der Waals surface area contributed by atoms with Crippen LogP contribution >= 0.6 is 11.6 Å². The summed E-state index contributed by atoms with van der Waals surface area (Å²) in [6.07, 6.45) is -0.975. The lowest BCUT2D eigenvalue weighted by Gasteiger charge is -2.21. The number of benzene rings is 4. The molecule has 0 bridgehead atoms. The van der Waals surface area contributed by atoms with Crippen molar-refractivity contribution in [3.8, 4) is 0 Å². The lowest BCUT2D eigenvalue weighted by Crippen LogP contribution is -2.35. The van der Waals surface area contributed by atoms with E-state index in [4.69, 9.17) is 25.8 Å². The maximum absolute atomic E-state index is 13.3. The van der Waals surface area contributed by atoms with Gasteiger partial charge in [0.25, 0.3) is 10.0 Å². The molecule has 0 atom stereocenters. The molecule has 0 radical (unpaired) electrons. The Kier molecular flexibility index (Phi) is 11.4. The highest BCUT2D eigenvalue weighted by Gasteiger charge is 2.26. The maximum atomic E-state index is 13.3. The normalized spacial score (nSPS) is 11.2. The van der Waals surface area contributed by atoms with E-state index in [1.54, 1.807) is 75.4 Å². The number of amides is 3. The molecule has 0 saturated heterocycles. The number of esters is 2. The van der Waals surface area contributed by atoms with Crippen molar-refractivity contribution in [2.24, 2.45) is 0 Å². The molecule has 12 nitrogen and oxygen atoms in total. The van der Waals surface area contributed by atoms with Gasteiger partial charge < -0.3 is 19.5 Å². The van der Waals surface area contributed by atoms with Gasteiger partial charge in [-0.3, -0.25) is 5.32 Å². The van der Waals surface area contributed by atoms with Gasteiger partial charge in [-0.05, 0) is 68.3 Å². The van der Waals surface area contributed by atoms with Gasteiger partial charge in [-0.1, -0.05) is 72.3 Å². The van der Waals surface area contributed by atoms with E-state index in [2.05, 4.69) is 10.6 Å². The molecule has 0 heterocycles. The van der Waals surface area contributed by atoms with E-state index in [-0.39, 0.29) is 40.7 Å². The maximum Gasteiger partial charge on any atom is 0.411 e. The fraction of sp³-hybridized carbons (Fsp3) is 0.176. The predicted molar refractivity (Wildman–Crippen MR) is 178 cm³/mol. The third kappa shape index (κ3) is 10.3. The molecule has 0 aliphatic carbocycles. The summed E-state index contributed by atoms with van der Waals surface area (Å²) in [6, 6.07) is 23.6. The summed E-state index contributed by atoms with van der Waals surface area (Å²) in [7, 11) is -4.62. The fourth-order valence-electron chi connectivity index (χ4n) is 4.10. The Morgan fingerprint density at radius 3 is 1.83 bits per heavy atom. The van der Waals surface area contributed by atoms with Crippen molar-refractivity contribution >= 4 is 57.1 Å². The number of carbonyl (C=O) groups is 4. The second kappa shape index (κ2) is 15.5. The molecule has 3 amide bonds. The summed E-state index contributed by atoms with van der Waals surface area (Å²) in [6.45, 7) is 4.78. The van der Waals surface area contributed by atoms with Crippen molar-refractivity contribution < 1.29 is 41.8 Å². The molecule has 0 unspecified atom stereocenters. The van der Waals surface area contributed by atoms with Crippen LogP contribution in [-0.4, -0.2) is 38.1 Å². The molecular formula is C34H32ClN3O9S. The zero-order valence-corrected chi connectivity index (χ0v) is 27.7.